The fourth-order valence-corrected chi connectivity index (χ4v) is 3.82. The van der Waals surface area contributed by atoms with Gasteiger partial charge in [0, 0.05) is 18.6 Å². The first-order chi connectivity index (χ1) is 6.84. The molecule has 2 heteroatoms. The van der Waals surface area contributed by atoms with Crippen LogP contribution in [0, 0.1) is 11.8 Å². The molecule has 4 atom stereocenters. The van der Waals surface area contributed by atoms with Crippen LogP contribution in [0.4, 0.5) is 0 Å². The van der Waals surface area contributed by atoms with Crippen molar-refractivity contribution in [1.82, 2.24) is 10.2 Å². The Morgan fingerprint density at radius 3 is 2.79 bits per heavy atom. The lowest BCUT2D eigenvalue weighted by molar-refractivity contribution is 0.122. The van der Waals surface area contributed by atoms with Crippen molar-refractivity contribution in [2.75, 3.05) is 19.6 Å². The maximum absolute atomic E-state index is 3.49. The van der Waals surface area contributed by atoms with Gasteiger partial charge in [-0.3, -0.25) is 4.90 Å². The first kappa shape index (κ1) is 9.17. The van der Waals surface area contributed by atoms with Gasteiger partial charge in [0.2, 0.25) is 0 Å². The summed E-state index contributed by atoms with van der Waals surface area (Å²) in [5, 5.41) is 3.49. The molecular formula is C12H22N2. The van der Waals surface area contributed by atoms with E-state index in [1.165, 1.54) is 45.3 Å². The molecule has 14 heavy (non-hydrogen) atoms. The van der Waals surface area contributed by atoms with Crippen LogP contribution in [0.15, 0.2) is 0 Å². The molecule has 1 N–H and O–H groups in total. The van der Waals surface area contributed by atoms with Crippen LogP contribution in [0.5, 0.6) is 0 Å². The monoisotopic (exact) mass is 194 g/mol. The fourth-order valence-electron chi connectivity index (χ4n) is 3.82. The Kier molecular flexibility index (Phi) is 2.29. The lowest BCUT2D eigenvalue weighted by Gasteiger charge is -2.35. The minimum atomic E-state index is 0.834. The molecule has 3 fully saturated rings. The van der Waals surface area contributed by atoms with Gasteiger partial charge in [0.1, 0.15) is 0 Å². The summed E-state index contributed by atoms with van der Waals surface area (Å²) in [4.78, 5) is 2.81. The number of rotatable bonds is 2. The van der Waals surface area contributed by atoms with Crippen LogP contribution in [-0.4, -0.2) is 36.6 Å². The van der Waals surface area contributed by atoms with Gasteiger partial charge in [-0.25, -0.2) is 0 Å². The van der Waals surface area contributed by atoms with Gasteiger partial charge in [-0.1, -0.05) is 0 Å². The van der Waals surface area contributed by atoms with E-state index in [0.717, 1.165) is 23.9 Å². The normalized spacial score (nSPS) is 44.8. The molecule has 2 bridgehead atoms. The maximum Gasteiger partial charge on any atom is 0.0111 e. The lowest BCUT2D eigenvalue weighted by atomic mass is 9.97. The van der Waals surface area contributed by atoms with Crippen LogP contribution in [0.1, 0.15) is 32.6 Å². The molecule has 2 nitrogen and oxygen atoms in total. The fraction of sp³-hybridized carbons (Fsp3) is 1.00. The number of likely N-dealkylation sites (tertiary alicyclic amines) is 1. The van der Waals surface area contributed by atoms with Crippen molar-refractivity contribution in [3.63, 3.8) is 0 Å². The molecule has 2 saturated heterocycles. The second kappa shape index (κ2) is 3.49. The van der Waals surface area contributed by atoms with Crippen LogP contribution in [0.25, 0.3) is 0 Å². The van der Waals surface area contributed by atoms with Gasteiger partial charge in [-0.05, 0) is 57.5 Å². The van der Waals surface area contributed by atoms with Gasteiger partial charge in [-0.2, -0.15) is 0 Å². The smallest absolute Gasteiger partial charge is 0.0111 e. The molecule has 3 aliphatic rings. The van der Waals surface area contributed by atoms with E-state index in [2.05, 4.69) is 17.1 Å². The number of hydrogen-bond acceptors (Lipinski definition) is 2. The van der Waals surface area contributed by atoms with Crippen molar-refractivity contribution in [3.8, 4) is 0 Å². The summed E-state index contributed by atoms with van der Waals surface area (Å²) in [5.74, 6) is 1.98. The lowest BCUT2D eigenvalue weighted by Crippen LogP contribution is -2.43. The molecular weight excluding hydrogens is 172 g/mol. The quantitative estimate of drug-likeness (QED) is 0.716. The summed E-state index contributed by atoms with van der Waals surface area (Å²) in [7, 11) is 0. The molecule has 1 aliphatic carbocycles. The molecule has 0 aromatic carbocycles. The molecule has 0 spiro atoms. The molecule has 2 heterocycles. The number of nitrogens with zero attached hydrogens (tertiary/aromatic N) is 1. The largest absolute Gasteiger partial charge is 0.316 e. The van der Waals surface area contributed by atoms with E-state index in [-0.39, 0.29) is 0 Å². The van der Waals surface area contributed by atoms with Crippen molar-refractivity contribution >= 4 is 0 Å². The highest BCUT2D eigenvalue weighted by atomic mass is 15.2. The van der Waals surface area contributed by atoms with Crippen molar-refractivity contribution in [2.45, 2.75) is 44.7 Å². The average molecular weight is 194 g/mol. The van der Waals surface area contributed by atoms with E-state index in [1.54, 1.807) is 0 Å². The Bertz CT molecular complexity index is 210. The summed E-state index contributed by atoms with van der Waals surface area (Å²) < 4.78 is 0. The molecule has 0 aromatic heterocycles. The summed E-state index contributed by atoms with van der Waals surface area (Å²) in [6.45, 7) is 6.37. The summed E-state index contributed by atoms with van der Waals surface area (Å²) >= 11 is 0. The Morgan fingerprint density at radius 2 is 2.21 bits per heavy atom. The first-order valence-corrected chi connectivity index (χ1v) is 6.31. The molecule has 4 unspecified atom stereocenters. The van der Waals surface area contributed by atoms with Crippen molar-refractivity contribution in [1.29, 1.82) is 0 Å². The SMILES string of the molecule is CC(C1CCNC1)N1CC2CCC1C2. The first-order valence-electron chi connectivity index (χ1n) is 6.31. The van der Waals surface area contributed by atoms with E-state index in [0.29, 0.717) is 0 Å². The molecule has 80 valence electrons. The van der Waals surface area contributed by atoms with E-state index >= 15 is 0 Å². The predicted molar refractivity (Wildman–Crippen MR) is 58.3 cm³/mol. The highest BCUT2D eigenvalue weighted by Gasteiger charge is 2.41. The minimum absolute atomic E-state index is 0.834. The Labute approximate surface area is 87.0 Å². The second-order valence-corrected chi connectivity index (χ2v) is 5.52. The van der Waals surface area contributed by atoms with Gasteiger partial charge < -0.3 is 5.32 Å². The van der Waals surface area contributed by atoms with Crippen molar-refractivity contribution in [2.24, 2.45) is 11.8 Å². The Morgan fingerprint density at radius 1 is 1.29 bits per heavy atom. The number of fused-ring (bicyclic) bond motifs is 2. The number of hydrogen-bond donors (Lipinski definition) is 1. The highest BCUT2D eigenvalue weighted by molar-refractivity contribution is 4.96. The zero-order valence-corrected chi connectivity index (χ0v) is 9.21. The highest BCUT2D eigenvalue weighted by Crippen LogP contribution is 2.40. The Balaban J connectivity index is 1.64. The van der Waals surface area contributed by atoms with E-state index in [9.17, 15) is 0 Å². The molecule has 0 aromatic rings. The van der Waals surface area contributed by atoms with Crippen molar-refractivity contribution in [3.05, 3.63) is 0 Å². The molecule has 0 radical (unpaired) electrons. The Hall–Kier alpha value is -0.0800. The van der Waals surface area contributed by atoms with Crippen LogP contribution >= 0.6 is 0 Å². The standard InChI is InChI=1S/C12H22N2/c1-9(11-4-5-13-7-11)14-8-10-2-3-12(14)6-10/h9-13H,2-8H2,1H3. The van der Waals surface area contributed by atoms with Gasteiger partial charge >= 0.3 is 0 Å². The third-order valence-electron chi connectivity index (χ3n) is 4.76. The van der Waals surface area contributed by atoms with E-state index in [1.807, 2.05) is 0 Å². The summed E-state index contributed by atoms with van der Waals surface area (Å²) in [6, 6.07) is 1.79. The molecule has 3 rings (SSSR count). The predicted octanol–water partition coefficient (Wildman–Crippen LogP) is 1.47. The summed E-state index contributed by atoms with van der Waals surface area (Å²) in [5.41, 5.74) is 0. The van der Waals surface area contributed by atoms with E-state index < -0.39 is 0 Å². The molecule has 1 saturated carbocycles. The van der Waals surface area contributed by atoms with Crippen LogP contribution in [-0.2, 0) is 0 Å². The number of piperidine rings is 1. The van der Waals surface area contributed by atoms with E-state index in [4.69, 9.17) is 0 Å². The zero-order valence-electron chi connectivity index (χ0n) is 9.21. The third kappa shape index (κ3) is 1.40. The van der Waals surface area contributed by atoms with Gasteiger partial charge in [0.25, 0.3) is 0 Å². The molecule has 2 aliphatic heterocycles. The topological polar surface area (TPSA) is 15.3 Å². The zero-order chi connectivity index (χ0) is 9.54. The maximum atomic E-state index is 3.49. The van der Waals surface area contributed by atoms with Gasteiger partial charge in [-0.15, -0.1) is 0 Å². The van der Waals surface area contributed by atoms with Crippen LogP contribution < -0.4 is 5.32 Å². The van der Waals surface area contributed by atoms with Crippen LogP contribution in [0.3, 0.4) is 0 Å². The van der Waals surface area contributed by atoms with Gasteiger partial charge in [0.05, 0.1) is 0 Å². The minimum Gasteiger partial charge on any atom is -0.316 e. The van der Waals surface area contributed by atoms with Gasteiger partial charge in [0.15, 0.2) is 0 Å². The second-order valence-electron chi connectivity index (χ2n) is 5.52. The summed E-state index contributed by atoms with van der Waals surface area (Å²) in [6.07, 6.45) is 5.89. The molecule has 0 amide bonds. The van der Waals surface area contributed by atoms with Crippen LogP contribution in [0.2, 0.25) is 0 Å². The van der Waals surface area contributed by atoms with Crippen molar-refractivity contribution < 1.29 is 0 Å². The number of nitrogens with one attached hydrogen (secondary N) is 1. The third-order valence-corrected chi connectivity index (χ3v) is 4.76. The average Bonchev–Trinajstić information content (AvgIpc) is 2.93.